The van der Waals surface area contributed by atoms with Crippen molar-refractivity contribution in [1.82, 2.24) is 15.3 Å². The molecule has 0 fully saturated rings. The van der Waals surface area contributed by atoms with Gasteiger partial charge in [-0.15, -0.1) is 12.4 Å². The van der Waals surface area contributed by atoms with E-state index in [1.165, 1.54) is 12.5 Å². The number of rotatable bonds is 4. The van der Waals surface area contributed by atoms with Gasteiger partial charge in [-0.2, -0.15) is 13.2 Å². The van der Waals surface area contributed by atoms with Crippen LogP contribution in [0.1, 0.15) is 5.69 Å². The first-order chi connectivity index (χ1) is 6.50. The molecule has 1 aromatic rings. The summed E-state index contributed by atoms with van der Waals surface area (Å²) in [5, 5.41) is 11.1. The fourth-order valence-corrected chi connectivity index (χ4v) is 0.841. The molecule has 0 aliphatic rings. The summed E-state index contributed by atoms with van der Waals surface area (Å²) >= 11 is 0. The molecule has 3 N–H and O–H groups in total. The molecular weight excluding hydrogens is 235 g/mol. The lowest BCUT2D eigenvalue weighted by Gasteiger charge is -2.14. The van der Waals surface area contributed by atoms with Gasteiger partial charge in [0.2, 0.25) is 0 Å². The summed E-state index contributed by atoms with van der Waals surface area (Å²) < 4.78 is 35.4. The molecule has 1 aromatic heterocycles. The van der Waals surface area contributed by atoms with Crippen LogP contribution >= 0.6 is 12.4 Å². The molecule has 1 heterocycles. The van der Waals surface area contributed by atoms with Crippen LogP contribution < -0.4 is 5.32 Å². The number of nitrogens with one attached hydrogen (secondary N) is 2. The quantitative estimate of drug-likeness (QED) is 0.737. The van der Waals surface area contributed by atoms with E-state index in [9.17, 15) is 13.2 Å². The molecule has 0 saturated heterocycles. The molecule has 4 nitrogen and oxygen atoms in total. The van der Waals surface area contributed by atoms with Crippen LogP contribution in [-0.2, 0) is 6.54 Å². The summed E-state index contributed by atoms with van der Waals surface area (Å²) in [5.74, 6) is 0. The molecule has 0 amide bonds. The average molecular weight is 246 g/mol. The number of H-pyrrole nitrogens is 1. The van der Waals surface area contributed by atoms with Crippen molar-refractivity contribution in [2.45, 2.75) is 18.8 Å². The summed E-state index contributed by atoms with van der Waals surface area (Å²) in [5.41, 5.74) is 0.666. The molecule has 1 atom stereocenters. The van der Waals surface area contributed by atoms with Gasteiger partial charge in [-0.25, -0.2) is 4.98 Å². The highest BCUT2D eigenvalue weighted by Gasteiger charge is 2.37. The Morgan fingerprint density at radius 3 is 2.67 bits per heavy atom. The molecule has 8 heteroatoms. The number of imidazole rings is 1. The maximum atomic E-state index is 11.8. The van der Waals surface area contributed by atoms with E-state index < -0.39 is 18.8 Å². The molecule has 15 heavy (non-hydrogen) atoms. The molecule has 0 saturated carbocycles. The van der Waals surface area contributed by atoms with Crippen LogP contribution in [0.4, 0.5) is 13.2 Å². The first-order valence-electron chi connectivity index (χ1n) is 3.93. The van der Waals surface area contributed by atoms with Crippen LogP contribution in [-0.4, -0.2) is 33.9 Å². The zero-order valence-corrected chi connectivity index (χ0v) is 8.40. The molecule has 0 radical (unpaired) electrons. The Morgan fingerprint density at radius 2 is 2.20 bits per heavy atom. The predicted octanol–water partition coefficient (Wildman–Crippen LogP) is 0.844. The van der Waals surface area contributed by atoms with E-state index >= 15 is 0 Å². The van der Waals surface area contributed by atoms with Crippen molar-refractivity contribution in [3.8, 4) is 0 Å². The van der Waals surface area contributed by atoms with Crippen LogP contribution in [0.3, 0.4) is 0 Å². The third-order valence-corrected chi connectivity index (χ3v) is 1.59. The predicted molar refractivity (Wildman–Crippen MR) is 49.6 cm³/mol. The summed E-state index contributed by atoms with van der Waals surface area (Å²) in [7, 11) is 0. The summed E-state index contributed by atoms with van der Waals surface area (Å²) in [4.78, 5) is 6.40. The Bertz CT molecular complexity index is 265. The van der Waals surface area contributed by atoms with E-state index in [-0.39, 0.29) is 19.0 Å². The van der Waals surface area contributed by atoms with E-state index in [0.29, 0.717) is 5.69 Å². The fourth-order valence-electron chi connectivity index (χ4n) is 0.841. The topological polar surface area (TPSA) is 60.9 Å². The van der Waals surface area contributed by atoms with Gasteiger partial charge in [0.1, 0.15) is 0 Å². The minimum Gasteiger partial charge on any atom is -0.382 e. The summed E-state index contributed by atoms with van der Waals surface area (Å²) in [6.45, 7) is -0.310. The zero-order chi connectivity index (χ0) is 10.6. The number of nitrogens with zero attached hydrogens (tertiary/aromatic N) is 1. The van der Waals surface area contributed by atoms with Crippen molar-refractivity contribution in [3.63, 3.8) is 0 Å². The van der Waals surface area contributed by atoms with Gasteiger partial charge < -0.3 is 15.4 Å². The van der Waals surface area contributed by atoms with Gasteiger partial charge in [0.15, 0.2) is 6.10 Å². The third kappa shape index (κ3) is 5.01. The SMILES string of the molecule is Cl.OC(CNCc1cnc[nH]1)C(F)(F)F. The van der Waals surface area contributed by atoms with Crippen LogP contribution in [0.25, 0.3) is 0 Å². The lowest BCUT2D eigenvalue weighted by molar-refractivity contribution is -0.201. The minimum absolute atomic E-state index is 0. The zero-order valence-electron chi connectivity index (χ0n) is 7.58. The normalized spacial score (nSPS) is 13.3. The monoisotopic (exact) mass is 245 g/mol. The van der Waals surface area contributed by atoms with Gasteiger partial charge >= 0.3 is 6.18 Å². The lowest BCUT2D eigenvalue weighted by atomic mass is 10.3. The fraction of sp³-hybridized carbons (Fsp3) is 0.571. The summed E-state index contributed by atoms with van der Waals surface area (Å²) in [6.07, 6.45) is -3.98. The van der Waals surface area contributed by atoms with Crippen LogP contribution in [0.5, 0.6) is 0 Å². The highest BCUT2D eigenvalue weighted by atomic mass is 35.5. The van der Waals surface area contributed by atoms with Gasteiger partial charge in [-0.05, 0) is 0 Å². The van der Waals surface area contributed by atoms with Gasteiger partial charge in [-0.3, -0.25) is 0 Å². The van der Waals surface area contributed by atoms with Crippen molar-refractivity contribution in [2.24, 2.45) is 0 Å². The second-order valence-electron chi connectivity index (χ2n) is 2.77. The Balaban J connectivity index is 0.00000196. The van der Waals surface area contributed by atoms with Gasteiger partial charge in [0.25, 0.3) is 0 Å². The highest BCUT2D eigenvalue weighted by molar-refractivity contribution is 5.85. The van der Waals surface area contributed by atoms with Crippen molar-refractivity contribution in [1.29, 1.82) is 0 Å². The van der Waals surface area contributed by atoms with E-state index in [0.717, 1.165) is 0 Å². The number of hydrogen-bond acceptors (Lipinski definition) is 3. The van der Waals surface area contributed by atoms with Gasteiger partial charge in [0, 0.05) is 25.0 Å². The van der Waals surface area contributed by atoms with E-state index in [4.69, 9.17) is 5.11 Å². The van der Waals surface area contributed by atoms with Crippen molar-refractivity contribution in [2.75, 3.05) is 6.54 Å². The molecule has 0 aliphatic heterocycles. The first kappa shape index (κ1) is 14.2. The number of halogens is 4. The number of aromatic nitrogens is 2. The maximum Gasteiger partial charge on any atom is 0.415 e. The molecule has 1 rings (SSSR count). The van der Waals surface area contributed by atoms with Crippen molar-refractivity contribution in [3.05, 3.63) is 18.2 Å². The minimum atomic E-state index is -4.57. The number of aliphatic hydroxyl groups is 1. The lowest BCUT2D eigenvalue weighted by Crippen LogP contribution is -2.38. The Morgan fingerprint density at radius 1 is 1.53 bits per heavy atom. The Labute approximate surface area is 90.3 Å². The number of hydrogen-bond donors (Lipinski definition) is 3. The van der Waals surface area contributed by atoms with Gasteiger partial charge in [-0.1, -0.05) is 0 Å². The Hall–Kier alpha value is -0.790. The molecule has 1 unspecified atom stereocenters. The number of aromatic amines is 1. The number of alkyl halides is 3. The molecule has 0 aromatic carbocycles. The standard InChI is InChI=1S/C7H10F3N3O.ClH/c8-7(9,10)6(14)3-11-1-5-2-12-4-13-5;/h2,4,6,11,14H,1,3H2,(H,12,13);1H. The maximum absolute atomic E-state index is 11.8. The third-order valence-electron chi connectivity index (χ3n) is 1.59. The van der Waals surface area contributed by atoms with E-state index in [2.05, 4.69) is 15.3 Å². The second-order valence-corrected chi connectivity index (χ2v) is 2.77. The summed E-state index contributed by atoms with van der Waals surface area (Å²) in [6, 6.07) is 0. The van der Waals surface area contributed by atoms with Crippen molar-refractivity contribution >= 4 is 12.4 Å². The highest BCUT2D eigenvalue weighted by Crippen LogP contribution is 2.19. The smallest absolute Gasteiger partial charge is 0.382 e. The van der Waals surface area contributed by atoms with Gasteiger partial charge in [0.05, 0.1) is 6.33 Å². The second kappa shape index (κ2) is 5.94. The number of aliphatic hydroxyl groups excluding tert-OH is 1. The van der Waals surface area contributed by atoms with Crippen LogP contribution in [0.2, 0.25) is 0 Å². The van der Waals surface area contributed by atoms with Crippen LogP contribution in [0, 0.1) is 0 Å². The van der Waals surface area contributed by atoms with Crippen molar-refractivity contribution < 1.29 is 18.3 Å². The molecule has 0 aliphatic carbocycles. The molecule has 0 bridgehead atoms. The molecule has 0 spiro atoms. The molecule has 88 valence electrons. The first-order valence-corrected chi connectivity index (χ1v) is 3.93. The van der Waals surface area contributed by atoms with E-state index in [1.807, 2.05) is 0 Å². The average Bonchev–Trinajstić information content (AvgIpc) is 2.55. The largest absolute Gasteiger partial charge is 0.415 e. The van der Waals surface area contributed by atoms with Crippen LogP contribution in [0.15, 0.2) is 12.5 Å². The molecular formula is C7H11ClF3N3O. The van der Waals surface area contributed by atoms with E-state index in [1.54, 1.807) is 0 Å². The Kier molecular flexibility index (Phi) is 5.63.